The van der Waals surface area contributed by atoms with Gasteiger partial charge < -0.3 is 20.4 Å². The third kappa shape index (κ3) is 7.30. The molecule has 344 valence electrons. The molecule has 1 aliphatic carbocycles. The van der Waals surface area contributed by atoms with Gasteiger partial charge in [-0.3, -0.25) is 39.0 Å². The molecule has 1 unspecified atom stereocenters. The second-order valence-corrected chi connectivity index (χ2v) is 19.4. The number of rotatable bonds is 6. The van der Waals surface area contributed by atoms with Gasteiger partial charge in [0.2, 0.25) is 23.6 Å². The number of carbonyl (C=O) groups is 6. The van der Waals surface area contributed by atoms with Gasteiger partial charge >= 0.3 is 0 Å². The maximum absolute atomic E-state index is 16.5. The summed E-state index contributed by atoms with van der Waals surface area (Å²) < 4.78 is 16.5. The molecule has 5 heterocycles. The molecule has 0 aromatic heterocycles. The fourth-order valence-corrected chi connectivity index (χ4v) is 12.6. The number of carbonyl (C=O) groups excluding carboxylic acids is 6. The second kappa shape index (κ2) is 17.5. The molecule has 10 rings (SSSR count). The highest BCUT2D eigenvalue weighted by Gasteiger charge is 2.75. The molecular weight excluding hydrogens is 895 g/mol. The lowest BCUT2D eigenvalue weighted by atomic mass is 9.55. The average Bonchev–Trinajstić information content (AvgIpc) is 3.91. The number of halogens is 3. The Morgan fingerprint density at radius 2 is 1.64 bits per heavy atom. The maximum atomic E-state index is 16.5. The number of anilines is 2. The van der Waals surface area contributed by atoms with Crippen LogP contribution < -0.4 is 16.0 Å². The van der Waals surface area contributed by atoms with Crippen molar-refractivity contribution >= 4 is 70.0 Å². The third-order valence-corrected chi connectivity index (χ3v) is 15.7. The number of hydrogen-bond acceptors (Lipinski definition) is 7. The predicted octanol–water partition coefficient (Wildman–Crippen LogP) is 7.82. The van der Waals surface area contributed by atoms with Crippen molar-refractivity contribution in [1.82, 2.24) is 20.0 Å². The summed E-state index contributed by atoms with van der Waals surface area (Å²) in [5.41, 5.74) is 2.18. The smallest absolute Gasteiger partial charge is 0.255 e. The van der Waals surface area contributed by atoms with Gasteiger partial charge in [-0.15, -0.1) is 0 Å². The Morgan fingerprint density at radius 3 is 2.37 bits per heavy atom. The van der Waals surface area contributed by atoms with Gasteiger partial charge in [0, 0.05) is 76.5 Å². The standard InChI is InChI=1S/C52H49Cl2FN6O6/c1-2-61-45(43(36-10-7-11-39(54)44(36)55)52(51(61)24-4-3-5-25-51)38-19-16-33(53)28-40(38)57-50(52)67)47(64)56-34-17-14-32(15-18-34)48(65)59-26-22-30(23-27-59)12-13-31-8-6-9-35-37(31)29-60(49(35)66)41-20-21-42(62)58-46(41)63/h6-11,14-19,28,30,41,43,45H,2-5,20-27,29H2,1H3,(H,56,64)(H,57,67)(H,58,62,63)/t41?,43-,45+,52+/m0/s1. The van der Waals surface area contributed by atoms with E-state index < -0.39 is 46.6 Å². The Morgan fingerprint density at radius 1 is 0.896 bits per heavy atom. The quantitative estimate of drug-likeness (QED) is 0.132. The summed E-state index contributed by atoms with van der Waals surface area (Å²) in [6, 6.07) is 20.6. The number of nitrogens with zero attached hydrogens (tertiary/aromatic N) is 3. The van der Waals surface area contributed by atoms with Gasteiger partial charge in [-0.25, -0.2) is 4.39 Å². The van der Waals surface area contributed by atoms with Crippen molar-refractivity contribution < 1.29 is 33.2 Å². The number of piperidine rings is 2. The Hall–Kier alpha value is -6.07. The topological polar surface area (TPSA) is 148 Å². The van der Waals surface area contributed by atoms with Gasteiger partial charge in [-0.1, -0.05) is 85.5 Å². The van der Waals surface area contributed by atoms with E-state index in [0.29, 0.717) is 78.4 Å². The van der Waals surface area contributed by atoms with Crippen LogP contribution in [0.1, 0.15) is 114 Å². The second-order valence-electron chi connectivity index (χ2n) is 18.5. The van der Waals surface area contributed by atoms with E-state index in [4.69, 9.17) is 23.2 Å². The minimum atomic E-state index is -1.35. The largest absolute Gasteiger partial charge is 0.339 e. The molecule has 6 aliphatic rings. The van der Waals surface area contributed by atoms with E-state index in [1.807, 2.05) is 19.1 Å². The lowest BCUT2D eigenvalue weighted by Gasteiger charge is -2.50. The van der Waals surface area contributed by atoms with Crippen LogP contribution in [0.3, 0.4) is 0 Å². The van der Waals surface area contributed by atoms with Crippen molar-refractivity contribution in [3.63, 3.8) is 0 Å². The van der Waals surface area contributed by atoms with Crippen LogP contribution in [0.15, 0.2) is 78.9 Å². The van der Waals surface area contributed by atoms with Crippen LogP contribution in [0.5, 0.6) is 0 Å². The van der Waals surface area contributed by atoms with Crippen molar-refractivity contribution in [2.75, 3.05) is 30.3 Å². The summed E-state index contributed by atoms with van der Waals surface area (Å²) in [6.45, 7) is 3.63. The monoisotopic (exact) mass is 942 g/mol. The molecule has 1 saturated carbocycles. The Bertz CT molecular complexity index is 2810. The minimum absolute atomic E-state index is 0.0248. The van der Waals surface area contributed by atoms with Crippen LogP contribution in [0.4, 0.5) is 15.8 Å². The van der Waals surface area contributed by atoms with Crippen molar-refractivity contribution in [3.8, 4) is 11.8 Å². The van der Waals surface area contributed by atoms with Crippen molar-refractivity contribution in [2.45, 2.75) is 100 Å². The molecule has 6 amide bonds. The van der Waals surface area contributed by atoms with Crippen molar-refractivity contribution in [3.05, 3.63) is 128 Å². The number of fused-ring (bicyclic) bond motifs is 4. The van der Waals surface area contributed by atoms with Crippen LogP contribution >= 0.6 is 23.2 Å². The van der Waals surface area contributed by atoms with E-state index >= 15 is 9.18 Å². The van der Waals surface area contributed by atoms with Gasteiger partial charge in [-0.2, -0.15) is 0 Å². The van der Waals surface area contributed by atoms with E-state index in [2.05, 4.69) is 32.7 Å². The first kappa shape index (κ1) is 44.7. The van der Waals surface area contributed by atoms with Gasteiger partial charge in [0.05, 0.1) is 11.1 Å². The highest BCUT2D eigenvalue weighted by molar-refractivity contribution is 6.31. The van der Waals surface area contributed by atoms with Crippen LogP contribution in [0.2, 0.25) is 10.0 Å². The fraction of sp³-hybridized carbons (Fsp3) is 0.385. The van der Waals surface area contributed by atoms with Crippen molar-refractivity contribution in [2.24, 2.45) is 5.92 Å². The molecule has 2 spiro atoms. The molecule has 67 heavy (non-hydrogen) atoms. The van der Waals surface area contributed by atoms with Crippen LogP contribution in [-0.4, -0.2) is 87.4 Å². The summed E-state index contributed by atoms with van der Waals surface area (Å²) in [5, 5.41) is 8.89. The fourth-order valence-electron chi connectivity index (χ4n) is 12.3. The number of amides is 6. The van der Waals surface area contributed by atoms with E-state index in [9.17, 15) is 24.0 Å². The molecule has 0 bridgehead atoms. The number of likely N-dealkylation sites (tertiary alicyclic amines) is 2. The van der Waals surface area contributed by atoms with Crippen molar-refractivity contribution in [1.29, 1.82) is 0 Å². The maximum Gasteiger partial charge on any atom is 0.255 e. The summed E-state index contributed by atoms with van der Waals surface area (Å²) in [5.74, 6) is 3.18. The van der Waals surface area contributed by atoms with Gasteiger partial charge in [-0.05, 0) is 110 Å². The Kier molecular flexibility index (Phi) is 11.7. The number of benzene rings is 4. The van der Waals surface area contributed by atoms with E-state index in [-0.39, 0.29) is 59.5 Å². The van der Waals surface area contributed by atoms with Crippen LogP contribution in [0.25, 0.3) is 0 Å². The van der Waals surface area contributed by atoms with Gasteiger partial charge in [0.15, 0.2) is 0 Å². The molecule has 4 fully saturated rings. The van der Waals surface area contributed by atoms with Gasteiger partial charge in [0.1, 0.15) is 17.3 Å². The first-order valence-corrected chi connectivity index (χ1v) is 23.9. The molecular formula is C52H49Cl2FN6O6. The molecule has 15 heteroatoms. The first-order valence-electron chi connectivity index (χ1n) is 23.2. The van der Waals surface area contributed by atoms with Gasteiger partial charge in [0.25, 0.3) is 11.8 Å². The molecule has 12 nitrogen and oxygen atoms in total. The average molecular weight is 944 g/mol. The Balaban J connectivity index is 0.854. The number of likely N-dealkylation sites (N-methyl/N-ethyl adjacent to an activating group) is 1. The van der Waals surface area contributed by atoms with Crippen LogP contribution in [0, 0.1) is 23.6 Å². The summed E-state index contributed by atoms with van der Waals surface area (Å²) in [4.78, 5) is 86.8. The molecule has 5 aliphatic heterocycles. The molecule has 3 N–H and O–H groups in total. The lowest BCUT2D eigenvalue weighted by Crippen LogP contribution is -2.61. The normalized spacial score (nSPS) is 24.6. The molecule has 3 saturated heterocycles. The number of hydrogen-bond donors (Lipinski definition) is 3. The third-order valence-electron chi connectivity index (χ3n) is 15.2. The van der Waals surface area contributed by atoms with E-state index in [1.54, 1.807) is 65.6 Å². The minimum Gasteiger partial charge on any atom is -0.339 e. The summed E-state index contributed by atoms with van der Waals surface area (Å²) >= 11 is 12.9. The SMILES string of the molecule is CCN1[C@@H](C(=O)Nc2ccc(C(=O)N3CCC(C#Cc4cccc5c4CN(C4CCC(=O)NC4=O)C5=O)CC3)cc2)[C@H](c2cccc(Cl)c2F)[C@]2(C(=O)Nc3cc(Cl)ccc32)C12CCCCC2. The highest BCUT2D eigenvalue weighted by atomic mass is 35.5. The summed E-state index contributed by atoms with van der Waals surface area (Å²) in [6.07, 6.45) is 5.69. The zero-order valence-corrected chi connectivity index (χ0v) is 38.4. The molecule has 4 atom stereocenters. The Labute approximate surface area is 397 Å². The number of nitrogens with one attached hydrogen (secondary N) is 3. The zero-order chi connectivity index (χ0) is 46.8. The highest BCUT2D eigenvalue weighted by Crippen LogP contribution is 2.66. The molecule has 4 aromatic carbocycles. The molecule has 0 radical (unpaired) electrons. The van der Waals surface area contributed by atoms with E-state index in [0.717, 1.165) is 30.4 Å². The lowest BCUT2D eigenvalue weighted by molar-refractivity contribution is -0.137. The number of imide groups is 1. The predicted molar refractivity (Wildman–Crippen MR) is 251 cm³/mol. The summed E-state index contributed by atoms with van der Waals surface area (Å²) in [7, 11) is 0. The van der Waals surface area contributed by atoms with Crippen LogP contribution in [-0.2, 0) is 31.1 Å². The van der Waals surface area contributed by atoms with E-state index in [1.165, 1.54) is 11.0 Å². The molecule has 4 aromatic rings. The zero-order valence-electron chi connectivity index (χ0n) is 36.9. The first-order chi connectivity index (χ1) is 32.4.